The first-order chi connectivity index (χ1) is 9.56. The van der Waals surface area contributed by atoms with Crippen LogP contribution in [0.3, 0.4) is 0 Å². The summed E-state index contributed by atoms with van der Waals surface area (Å²) in [7, 11) is 3.95. The quantitative estimate of drug-likeness (QED) is 0.880. The molecule has 1 aromatic carbocycles. The van der Waals surface area contributed by atoms with E-state index in [0.29, 0.717) is 10.8 Å². The Labute approximate surface area is 122 Å². The number of nitrogens with zero attached hydrogens (tertiary/aromatic N) is 2. The number of hydrogen-bond acceptors (Lipinski definition) is 5. The number of aromatic nitrogens is 1. The van der Waals surface area contributed by atoms with Crippen molar-refractivity contribution < 1.29 is 4.79 Å². The normalized spacial score (nSPS) is 12.3. The Hall–Kier alpha value is -1.92. The van der Waals surface area contributed by atoms with Crippen LogP contribution in [0.25, 0.3) is 0 Å². The number of nitrogens with two attached hydrogens (primary N) is 1. The lowest BCUT2D eigenvalue weighted by molar-refractivity contribution is 0.0925. The molecule has 2 rings (SSSR count). The summed E-state index contributed by atoms with van der Waals surface area (Å²) < 4.78 is 0. The largest absolute Gasteiger partial charge is 0.375 e. The molecule has 0 fully saturated rings. The second kappa shape index (κ2) is 6.49. The van der Waals surface area contributed by atoms with Crippen molar-refractivity contribution in [2.75, 3.05) is 26.4 Å². The van der Waals surface area contributed by atoms with Gasteiger partial charge in [-0.1, -0.05) is 30.3 Å². The molecule has 6 heteroatoms. The van der Waals surface area contributed by atoms with Gasteiger partial charge in [-0.25, -0.2) is 4.98 Å². The number of hydrogen-bond donors (Lipinski definition) is 2. The van der Waals surface area contributed by atoms with Gasteiger partial charge in [-0.05, 0) is 19.7 Å². The van der Waals surface area contributed by atoms with Crippen molar-refractivity contribution in [3.05, 3.63) is 47.0 Å². The molecule has 0 aliphatic heterocycles. The van der Waals surface area contributed by atoms with Crippen LogP contribution in [0.2, 0.25) is 0 Å². The Morgan fingerprint density at radius 2 is 2.10 bits per heavy atom. The van der Waals surface area contributed by atoms with Crippen molar-refractivity contribution in [1.82, 2.24) is 15.2 Å². The number of likely N-dealkylation sites (N-methyl/N-ethyl adjacent to an activating group) is 1. The van der Waals surface area contributed by atoms with Crippen molar-refractivity contribution >= 4 is 22.4 Å². The minimum atomic E-state index is -0.200. The zero-order valence-corrected chi connectivity index (χ0v) is 12.4. The number of anilines is 1. The molecule has 106 valence electrons. The van der Waals surface area contributed by atoms with Gasteiger partial charge in [-0.15, -0.1) is 11.3 Å². The molecule has 1 unspecified atom stereocenters. The smallest absolute Gasteiger partial charge is 0.271 e. The fraction of sp³-hybridized carbons (Fsp3) is 0.286. The minimum absolute atomic E-state index is 0.0818. The van der Waals surface area contributed by atoms with Crippen LogP contribution in [0.15, 0.2) is 35.7 Å². The lowest BCUT2D eigenvalue weighted by Crippen LogP contribution is -2.35. The topological polar surface area (TPSA) is 71.2 Å². The Morgan fingerprint density at radius 1 is 1.40 bits per heavy atom. The fourth-order valence-corrected chi connectivity index (χ4v) is 2.45. The summed E-state index contributed by atoms with van der Waals surface area (Å²) in [4.78, 5) is 18.2. The van der Waals surface area contributed by atoms with Crippen LogP contribution in [0.4, 0.5) is 5.13 Å². The number of rotatable bonds is 5. The molecule has 1 heterocycles. The molecule has 0 radical (unpaired) electrons. The molecule has 0 aliphatic carbocycles. The molecular formula is C14H18N4OS. The van der Waals surface area contributed by atoms with Gasteiger partial charge in [0, 0.05) is 11.9 Å². The van der Waals surface area contributed by atoms with Gasteiger partial charge >= 0.3 is 0 Å². The molecule has 1 atom stereocenters. The van der Waals surface area contributed by atoms with Crippen molar-refractivity contribution in [2.45, 2.75) is 6.04 Å². The van der Waals surface area contributed by atoms with Crippen LogP contribution < -0.4 is 11.1 Å². The van der Waals surface area contributed by atoms with Crippen LogP contribution in [-0.2, 0) is 0 Å². The average Bonchev–Trinajstić information content (AvgIpc) is 2.85. The van der Waals surface area contributed by atoms with Crippen molar-refractivity contribution in [3.63, 3.8) is 0 Å². The highest BCUT2D eigenvalue weighted by molar-refractivity contribution is 7.13. The minimum Gasteiger partial charge on any atom is -0.375 e. The summed E-state index contributed by atoms with van der Waals surface area (Å²) in [5.74, 6) is -0.200. The summed E-state index contributed by atoms with van der Waals surface area (Å²) in [6.07, 6.45) is 0. The molecule has 0 spiro atoms. The van der Waals surface area contributed by atoms with Crippen molar-refractivity contribution in [1.29, 1.82) is 0 Å². The molecule has 3 N–H and O–H groups in total. The van der Waals surface area contributed by atoms with Crippen molar-refractivity contribution in [3.8, 4) is 0 Å². The zero-order chi connectivity index (χ0) is 14.5. The van der Waals surface area contributed by atoms with E-state index in [0.717, 1.165) is 12.1 Å². The zero-order valence-electron chi connectivity index (χ0n) is 11.5. The number of thiazole rings is 1. The number of benzene rings is 1. The van der Waals surface area contributed by atoms with Gasteiger partial charge in [-0.3, -0.25) is 4.79 Å². The number of amides is 1. The maximum absolute atomic E-state index is 12.2. The van der Waals surface area contributed by atoms with E-state index in [1.807, 2.05) is 49.3 Å². The summed E-state index contributed by atoms with van der Waals surface area (Å²) in [6, 6.07) is 9.81. The molecule has 5 nitrogen and oxygen atoms in total. The summed E-state index contributed by atoms with van der Waals surface area (Å²) >= 11 is 1.26. The average molecular weight is 290 g/mol. The first-order valence-corrected chi connectivity index (χ1v) is 7.16. The number of nitrogen functional groups attached to an aromatic ring is 1. The molecule has 0 saturated carbocycles. The predicted molar refractivity (Wildman–Crippen MR) is 81.7 cm³/mol. The third-order valence-corrected chi connectivity index (χ3v) is 3.48. The van der Waals surface area contributed by atoms with Crippen LogP contribution in [0, 0.1) is 0 Å². The van der Waals surface area contributed by atoms with Gasteiger partial charge in [0.2, 0.25) is 0 Å². The molecule has 1 aromatic heterocycles. The monoisotopic (exact) mass is 290 g/mol. The van der Waals surface area contributed by atoms with Crippen LogP contribution in [0.1, 0.15) is 22.1 Å². The highest BCUT2D eigenvalue weighted by Gasteiger charge is 2.18. The third-order valence-electron chi connectivity index (χ3n) is 2.81. The maximum atomic E-state index is 12.2. The molecule has 0 saturated heterocycles. The standard InChI is InChI=1S/C14H18N4OS/c1-18(2)8-11(10-6-4-3-5-7-10)16-13(19)12-9-20-14(15)17-12/h3-7,9,11H,8H2,1-2H3,(H2,15,17)(H,16,19). The van der Waals surface area contributed by atoms with E-state index in [4.69, 9.17) is 5.73 Å². The third kappa shape index (κ3) is 3.79. The first-order valence-electron chi connectivity index (χ1n) is 6.28. The van der Waals surface area contributed by atoms with Gasteiger partial charge in [0.15, 0.2) is 5.13 Å². The molecule has 0 aliphatic rings. The Bertz CT molecular complexity index is 568. The Balaban J connectivity index is 2.14. The highest BCUT2D eigenvalue weighted by Crippen LogP contribution is 2.16. The molecular weight excluding hydrogens is 272 g/mol. The second-order valence-electron chi connectivity index (χ2n) is 4.77. The molecule has 20 heavy (non-hydrogen) atoms. The first kappa shape index (κ1) is 14.5. The van der Waals surface area contributed by atoms with E-state index in [-0.39, 0.29) is 11.9 Å². The second-order valence-corrected chi connectivity index (χ2v) is 5.66. The van der Waals surface area contributed by atoms with E-state index in [9.17, 15) is 4.79 Å². The van der Waals surface area contributed by atoms with Gasteiger partial charge in [0.1, 0.15) is 5.69 Å². The van der Waals surface area contributed by atoms with Gasteiger partial charge in [0.05, 0.1) is 6.04 Å². The Kier molecular flexibility index (Phi) is 4.70. The number of nitrogens with one attached hydrogen (secondary N) is 1. The molecule has 2 aromatic rings. The van der Waals surface area contributed by atoms with E-state index in [1.54, 1.807) is 5.38 Å². The Morgan fingerprint density at radius 3 is 2.65 bits per heavy atom. The lowest BCUT2D eigenvalue weighted by Gasteiger charge is -2.22. The number of carbonyl (C=O) groups excluding carboxylic acids is 1. The SMILES string of the molecule is CN(C)CC(NC(=O)c1csc(N)n1)c1ccccc1. The van der Waals surface area contributed by atoms with Crippen LogP contribution >= 0.6 is 11.3 Å². The van der Waals surface area contributed by atoms with Gasteiger partial charge in [-0.2, -0.15) is 0 Å². The number of carbonyl (C=O) groups is 1. The predicted octanol–water partition coefficient (Wildman–Crippen LogP) is 1.76. The van der Waals surface area contributed by atoms with E-state index >= 15 is 0 Å². The highest BCUT2D eigenvalue weighted by atomic mass is 32.1. The van der Waals surface area contributed by atoms with E-state index in [1.165, 1.54) is 11.3 Å². The maximum Gasteiger partial charge on any atom is 0.271 e. The van der Waals surface area contributed by atoms with Crippen molar-refractivity contribution in [2.24, 2.45) is 0 Å². The summed E-state index contributed by atoms with van der Waals surface area (Å²) in [6.45, 7) is 0.718. The van der Waals surface area contributed by atoms with E-state index < -0.39 is 0 Å². The van der Waals surface area contributed by atoms with Crippen LogP contribution in [-0.4, -0.2) is 36.4 Å². The van der Waals surface area contributed by atoms with Gasteiger partial charge < -0.3 is 16.0 Å². The summed E-state index contributed by atoms with van der Waals surface area (Å²) in [5.41, 5.74) is 6.99. The molecule has 1 amide bonds. The summed E-state index contributed by atoms with van der Waals surface area (Å²) in [5, 5.41) is 5.07. The van der Waals surface area contributed by atoms with Crippen LogP contribution in [0.5, 0.6) is 0 Å². The van der Waals surface area contributed by atoms with E-state index in [2.05, 4.69) is 10.3 Å². The lowest BCUT2D eigenvalue weighted by atomic mass is 10.1. The molecule has 0 bridgehead atoms. The fourth-order valence-electron chi connectivity index (χ4n) is 1.91. The van der Waals surface area contributed by atoms with Gasteiger partial charge in [0.25, 0.3) is 5.91 Å².